The third-order valence-electron chi connectivity index (χ3n) is 5.18. The van der Waals surface area contributed by atoms with Gasteiger partial charge in [-0.25, -0.2) is 0 Å². The van der Waals surface area contributed by atoms with E-state index in [1.165, 1.54) is 19.3 Å². The summed E-state index contributed by atoms with van der Waals surface area (Å²) in [5, 5.41) is 0. The maximum Gasteiger partial charge on any atom is 0.317 e. The van der Waals surface area contributed by atoms with Crippen molar-refractivity contribution in [3.05, 3.63) is 24.3 Å². The van der Waals surface area contributed by atoms with Crippen LogP contribution >= 0.6 is 0 Å². The predicted molar refractivity (Wildman–Crippen MR) is 95.9 cm³/mol. The maximum atomic E-state index is 12.8. The molecule has 2 atom stereocenters. The number of esters is 1. The Labute approximate surface area is 145 Å². The molecule has 2 unspecified atom stereocenters. The Kier molecular flexibility index (Phi) is 4.75. The monoisotopic (exact) mass is 348 g/mol. The van der Waals surface area contributed by atoms with Crippen LogP contribution in [0.3, 0.4) is 0 Å². The first kappa shape index (κ1) is 17.5. The predicted octanol–water partition coefficient (Wildman–Crippen LogP) is 4.40. The topological polar surface area (TPSA) is 44.8 Å². The van der Waals surface area contributed by atoms with Crippen LogP contribution in [0.25, 0.3) is 0 Å². The summed E-state index contributed by atoms with van der Waals surface area (Å²) in [6, 6.07) is 7.17. The van der Waals surface area contributed by atoms with E-state index in [-0.39, 0.29) is 23.4 Å². The fraction of sp³-hybridized carbons (Fsp3) is 0.632. The molecule has 1 spiro atoms. The Balaban J connectivity index is 1.71. The molecule has 0 heterocycles. The largest absolute Gasteiger partial charge is 0.497 e. The van der Waals surface area contributed by atoms with Gasteiger partial charge in [-0.1, -0.05) is 19.3 Å². The Morgan fingerprint density at radius 3 is 2.17 bits per heavy atom. The number of hydrogen-bond acceptors (Lipinski definition) is 4. The Morgan fingerprint density at radius 2 is 1.62 bits per heavy atom. The van der Waals surface area contributed by atoms with E-state index >= 15 is 0 Å². The molecule has 1 aromatic carbocycles. The fourth-order valence-corrected chi connectivity index (χ4v) is 5.14. The van der Waals surface area contributed by atoms with Gasteiger partial charge >= 0.3 is 5.97 Å². The fourth-order valence-electron chi connectivity index (χ4n) is 4.01. The number of benzene rings is 1. The third kappa shape index (κ3) is 3.52. The van der Waals surface area contributed by atoms with Crippen LogP contribution in [0.1, 0.15) is 32.1 Å². The standard InChI is InChI=1S/C19H28O4Si/c1-21-14-8-10-15(11-9-14)22-18(20)16-17(23-24(2,3)4)19(16)12-6-5-7-13-19/h8-11,16-17H,5-7,12-13H2,1-4H3. The Hall–Kier alpha value is -1.33. The van der Waals surface area contributed by atoms with Gasteiger partial charge in [-0.05, 0) is 56.7 Å². The number of hydrogen-bond donors (Lipinski definition) is 0. The Bertz CT molecular complexity index is 584. The summed E-state index contributed by atoms with van der Waals surface area (Å²) in [5.41, 5.74) is 0.0298. The molecule has 0 bridgehead atoms. The first-order chi connectivity index (χ1) is 11.4. The minimum absolute atomic E-state index is 0.0298. The molecular weight excluding hydrogens is 320 g/mol. The highest BCUT2D eigenvalue weighted by molar-refractivity contribution is 6.69. The molecule has 132 valence electrons. The zero-order valence-electron chi connectivity index (χ0n) is 15.1. The summed E-state index contributed by atoms with van der Waals surface area (Å²) in [6.07, 6.45) is 5.88. The summed E-state index contributed by atoms with van der Waals surface area (Å²) < 4.78 is 17.2. The minimum atomic E-state index is -1.68. The van der Waals surface area contributed by atoms with Crippen LogP contribution in [0.4, 0.5) is 0 Å². The normalized spacial score (nSPS) is 25.3. The van der Waals surface area contributed by atoms with E-state index in [0.717, 1.165) is 18.6 Å². The highest BCUT2D eigenvalue weighted by atomic mass is 28.4. The first-order valence-corrected chi connectivity index (χ1v) is 12.3. The molecule has 0 aromatic heterocycles. The lowest BCUT2D eigenvalue weighted by Crippen LogP contribution is -2.29. The maximum absolute atomic E-state index is 12.8. The molecule has 0 amide bonds. The quantitative estimate of drug-likeness (QED) is 0.449. The van der Waals surface area contributed by atoms with Crippen molar-refractivity contribution in [1.29, 1.82) is 0 Å². The molecule has 0 saturated heterocycles. The van der Waals surface area contributed by atoms with E-state index < -0.39 is 8.32 Å². The van der Waals surface area contributed by atoms with Crippen molar-refractivity contribution in [1.82, 2.24) is 0 Å². The Morgan fingerprint density at radius 1 is 1.04 bits per heavy atom. The molecule has 4 nitrogen and oxygen atoms in total. The second kappa shape index (κ2) is 6.52. The van der Waals surface area contributed by atoms with Crippen molar-refractivity contribution < 1.29 is 18.7 Å². The van der Waals surface area contributed by atoms with Crippen LogP contribution in [0.2, 0.25) is 19.6 Å². The summed E-state index contributed by atoms with van der Waals surface area (Å²) >= 11 is 0. The van der Waals surface area contributed by atoms with Gasteiger partial charge in [-0.3, -0.25) is 4.79 Å². The van der Waals surface area contributed by atoms with Crippen molar-refractivity contribution in [2.45, 2.75) is 57.8 Å². The zero-order valence-corrected chi connectivity index (χ0v) is 16.1. The zero-order chi connectivity index (χ0) is 17.4. The smallest absolute Gasteiger partial charge is 0.317 e. The number of ether oxygens (including phenoxy) is 2. The molecule has 1 aromatic rings. The van der Waals surface area contributed by atoms with E-state index in [4.69, 9.17) is 13.9 Å². The van der Waals surface area contributed by atoms with E-state index in [1.54, 1.807) is 19.2 Å². The average Bonchev–Trinajstić information content (AvgIpc) is 3.11. The molecule has 2 aliphatic rings. The first-order valence-electron chi connectivity index (χ1n) is 8.89. The second-order valence-electron chi connectivity index (χ2n) is 8.02. The van der Waals surface area contributed by atoms with Crippen LogP contribution in [0.5, 0.6) is 11.5 Å². The van der Waals surface area contributed by atoms with E-state index in [0.29, 0.717) is 5.75 Å². The third-order valence-corrected chi connectivity index (χ3v) is 6.14. The summed E-state index contributed by atoms with van der Waals surface area (Å²) in [5.74, 6) is 1.09. The van der Waals surface area contributed by atoms with E-state index in [1.807, 2.05) is 12.1 Å². The van der Waals surface area contributed by atoms with Gasteiger partial charge in [-0.2, -0.15) is 0 Å². The molecule has 2 saturated carbocycles. The van der Waals surface area contributed by atoms with Gasteiger partial charge in [0.05, 0.1) is 19.1 Å². The summed E-state index contributed by atoms with van der Waals surface area (Å²) in [7, 11) is -0.0628. The lowest BCUT2D eigenvalue weighted by atomic mass is 9.84. The van der Waals surface area contributed by atoms with Gasteiger partial charge in [0.15, 0.2) is 8.32 Å². The SMILES string of the molecule is COc1ccc(OC(=O)C2C(O[Si](C)(C)C)C23CCCCC3)cc1. The van der Waals surface area contributed by atoms with Crippen molar-refractivity contribution >= 4 is 14.3 Å². The van der Waals surface area contributed by atoms with Crippen molar-refractivity contribution in [3.8, 4) is 11.5 Å². The van der Waals surface area contributed by atoms with Gasteiger partial charge < -0.3 is 13.9 Å². The van der Waals surface area contributed by atoms with Crippen molar-refractivity contribution in [3.63, 3.8) is 0 Å². The summed E-state index contributed by atoms with van der Waals surface area (Å²) in [4.78, 5) is 12.8. The van der Waals surface area contributed by atoms with Gasteiger partial charge in [0.1, 0.15) is 11.5 Å². The number of rotatable bonds is 5. The number of carbonyl (C=O) groups is 1. The molecule has 2 aliphatic carbocycles. The molecular formula is C19H28O4Si. The van der Waals surface area contributed by atoms with E-state index in [9.17, 15) is 4.79 Å². The van der Waals surface area contributed by atoms with Gasteiger partial charge in [0.2, 0.25) is 0 Å². The van der Waals surface area contributed by atoms with Crippen molar-refractivity contribution in [2.75, 3.05) is 7.11 Å². The van der Waals surface area contributed by atoms with Gasteiger partial charge in [0.25, 0.3) is 0 Å². The van der Waals surface area contributed by atoms with Crippen LogP contribution in [0, 0.1) is 11.3 Å². The number of methoxy groups -OCH3 is 1. The van der Waals surface area contributed by atoms with Crippen LogP contribution in [0.15, 0.2) is 24.3 Å². The molecule has 2 fully saturated rings. The lowest BCUT2D eigenvalue weighted by molar-refractivity contribution is -0.137. The molecule has 3 rings (SSSR count). The van der Waals surface area contributed by atoms with E-state index in [2.05, 4.69) is 19.6 Å². The molecule has 5 heteroatoms. The lowest BCUT2D eigenvalue weighted by Gasteiger charge is -2.25. The summed E-state index contributed by atoms with van der Waals surface area (Å²) in [6.45, 7) is 6.56. The van der Waals surface area contributed by atoms with Crippen LogP contribution in [-0.2, 0) is 9.22 Å². The molecule has 24 heavy (non-hydrogen) atoms. The highest BCUT2D eigenvalue weighted by Gasteiger charge is 2.69. The number of carbonyl (C=O) groups excluding carboxylic acids is 1. The average molecular weight is 349 g/mol. The molecule has 0 radical (unpaired) electrons. The molecule has 0 N–H and O–H groups in total. The van der Waals surface area contributed by atoms with Crippen LogP contribution in [-0.4, -0.2) is 27.5 Å². The van der Waals surface area contributed by atoms with Gasteiger partial charge in [0, 0.05) is 5.41 Å². The highest BCUT2D eigenvalue weighted by Crippen LogP contribution is 2.64. The molecule has 0 aliphatic heterocycles. The minimum Gasteiger partial charge on any atom is -0.497 e. The second-order valence-corrected chi connectivity index (χ2v) is 12.5. The van der Waals surface area contributed by atoms with Crippen molar-refractivity contribution in [2.24, 2.45) is 11.3 Å². The van der Waals surface area contributed by atoms with Gasteiger partial charge in [-0.15, -0.1) is 0 Å². The van der Waals surface area contributed by atoms with Crippen LogP contribution < -0.4 is 9.47 Å².